The quantitative estimate of drug-likeness (QED) is 0.504. The van der Waals surface area contributed by atoms with Crippen molar-refractivity contribution >= 4 is 40.5 Å². The molecular formula is C19H14FN3O2S. The number of rotatable bonds is 2. The Bertz CT molecular complexity index is 973. The molecule has 5 nitrogen and oxygen atoms in total. The highest BCUT2D eigenvalue weighted by Crippen LogP contribution is 2.29. The van der Waals surface area contributed by atoms with E-state index in [0.717, 1.165) is 22.6 Å². The van der Waals surface area contributed by atoms with Crippen LogP contribution < -0.4 is 15.1 Å². The maximum Gasteiger partial charge on any atom is 0.271 e. The summed E-state index contributed by atoms with van der Waals surface area (Å²) in [6.07, 6.45) is 2.34. The molecule has 26 heavy (non-hydrogen) atoms. The fraction of sp³-hybridized carbons (Fsp3) is 0.105. The molecule has 0 bridgehead atoms. The van der Waals surface area contributed by atoms with Crippen LogP contribution in [0.15, 0.2) is 60.3 Å². The number of halogens is 1. The van der Waals surface area contributed by atoms with E-state index in [1.165, 1.54) is 24.4 Å². The molecule has 1 saturated heterocycles. The number of hydrogen-bond acceptors (Lipinski definition) is 4. The molecule has 2 aliphatic heterocycles. The van der Waals surface area contributed by atoms with E-state index in [9.17, 15) is 14.0 Å². The van der Waals surface area contributed by atoms with E-state index in [4.69, 9.17) is 12.2 Å². The van der Waals surface area contributed by atoms with Gasteiger partial charge in [-0.25, -0.2) is 9.29 Å². The number of nitrogens with zero attached hydrogens (tertiary/aromatic N) is 2. The molecule has 130 valence electrons. The van der Waals surface area contributed by atoms with Gasteiger partial charge in [-0.15, -0.1) is 0 Å². The molecule has 0 spiro atoms. The Morgan fingerprint density at radius 3 is 2.50 bits per heavy atom. The van der Waals surface area contributed by atoms with Crippen LogP contribution >= 0.6 is 12.2 Å². The summed E-state index contributed by atoms with van der Waals surface area (Å²) < 4.78 is 14.2. The van der Waals surface area contributed by atoms with Crippen LogP contribution in [0.2, 0.25) is 0 Å². The van der Waals surface area contributed by atoms with E-state index in [0.29, 0.717) is 6.54 Å². The second kappa shape index (κ2) is 6.34. The molecule has 2 heterocycles. The molecule has 0 radical (unpaired) electrons. The van der Waals surface area contributed by atoms with Crippen LogP contribution in [0, 0.1) is 5.82 Å². The van der Waals surface area contributed by atoms with Gasteiger partial charge in [0, 0.05) is 18.4 Å². The standard InChI is InChI=1S/C19H14FN3O2S/c20-14-6-2-4-8-16(14)23-18(25)13(17(24)21-19(23)26)11-22-10-9-12-5-1-3-7-15(12)22/h1-8,11H,9-10H2,(H,21,24,26)/b13-11+. The second-order valence-corrected chi connectivity index (χ2v) is 6.35. The lowest BCUT2D eigenvalue weighted by atomic mass is 10.1. The van der Waals surface area contributed by atoms with Crippen molar-refractivity contribution in [2.75, 3.05) is 16.3 Å². The van der Waals surface area contributed by atoms with E-state index in [1.807, 2.05) is 29.2 Å². The number of nitrogens with one attached hydrogen (secondary N) is 1. The van der Waals surface area contributed by atoms with Gasteiger partial charge in [0.15, 0.2) is 5.11 Å². The molecule has 2 aromatic rings. The van der Waals surface area contributed by atoms with E-state index >= 15 is 0 Å². The predicted molar refractivity (Wildman–Crippen MR) is 100 cm³/mol. The topological polar surface area (TPSA) is 52.7 Å². The Morgan fingerprint density at radius 1 is 1.04 bits per heavy atom. The van der Waals surface area contributed by atoms with Gasteiger partial charge in [-0.1, -0.05) is 30.3 Å². The number of benzene rings is 2. The molecule has 0 saturated carbocycles. The minimum absolute atomic E-state index is 0.00946. The Kier molecular flexibility index (Phi) is 4.00. The first-order chi connectivity index (χ1) is 12.6. The average Bonchev–Trinajstić information content (AvgIpc) is 3.03. The largest absolute Gasteiger partial charge is 0.346 e. The molecule has 1 N–H and O–H groups in total. The van der Waals surface area contributed by atoms with Crippen LogP contribution in [0.5, 0.6) is 0 Å². The Balaban J connectivity index is 1.73. The van der Waals surface area contributed by atoms with E-state index in [2.05, 4.69) is 5.32 Å². The molecule has 0 aliphatic carbocycles. The molecule has 0 unspecified atom stereocenters. The van der Waals surface area contributed by atoms with Crippen molar-refractivity contribution < 1.29 is 14.0 Å². The van der Waals surface area contributed by atoms with Crippen molar-refractivity contribution in [2.24, 2.45) is 0 Å². The fourth-order valence-electron chi connectivity index (χ4n) is 3.15. The number of carbonyl (C=O) groups excluding carboxylic acids is 2. The van der Waals surface area contributed by atoms with Gasteiger partial charge in [0.1, 0.15) is 11.4 Å². The third-order valence-electron chi connectivity index (χ3n) is 4.40. The summed E-state index contributed by atoms with van der Waals surface area (Å²) in [7, 11) is 0. The van der Waals surface area contributed by atoms with Gasteiger partial charge in [-0.3, -0.25) is 14.9 Å². The highest BCUT2D eigenvalue weighted by atomic mass is 32.1. The van der Waals surface area contributed by atoms with Crippen LogP contribution in [-0.2, 0) is 16.0 Å². The van der Waals surface area contributed by atoms with Crippen molar-refractivity contribution in [3.8, 4) is 0 Å². The number of thiocarbonyl (C=S) groups is 1. The van der Waals surface area contributed by atoms with Crippen LogP contribution in [0.3, 0.4) is 0 Å². The minimum Gasteiger partial charge on any atom is -0.346 e. The van der Waals surface area contributed by atoms with Crippen molar-refractivity contribution in [2.45, 2.75) is 6.42 Å². The summed E-state index contributed by atoms with van der Waals surface area (Å²) in [6, 6.07) is 13.6. The molecule has 7 heteroatoms. The number of anilines is 2. The minimum atomic E-state index is -0.645. The van der Waals surface area contributed by atoms with Crippen LogP contribution in [0.1, 0.15) is 5.56 Å². The van der Waals surface area contributed by atoms with Gasteiger partial charge in [-0.2, -0.15) is 0 Å². The number of para-hydroxylation sites is 2. The van der Waals surface area contributed by atoms with E-state index in [1.54, 1.807) is 6.07 Å². The molecule has 1 fully saturated rings. The van der Waals surface area contributed by atoms with Gasteiger partial charge >= 0.3 is 0 Å². The van der Waals surface area contributed by atoms with Crippen LogP contribution in [0.4, 0.5) is 15.8 Å². The van der Waals surface area contributed by atoms with Crippen molar-refractivity contribution in [3.05, 3.63) is 71.7 Å². The van der Waals surface area contributed by atoms with Crippen molar-refractivity contribution in [3.63, 3.8) is 0 Å². The summed E-state index contributed by atoms with van der Waals surface area (Å²) in [5.74, 6) is -1.82. The summed E-state index contributed by atoms with van der Waals surface area (Å²) in [4.78, 5) is 28.1. The Hall–Kier alpha value is -3.06. The smallest absolute Gasteiger partial charge is 0.271 e. The van der Waals surface area contributed by atoms with E-state index in [-0.39, 0.29) is 16.4 Å². The van der Waals surface area contributed by atoms with Crippen molar-refractivity contribution in [1.82, 2.24) is 5.32 Å². The van der Waals surface area contributed by atoms with Gasteiger partial charge in [0.2, 0.25) is 0 Å². The monoisotopic (exact) mass is 367 g/mol. The van der Waals surface area contributed by atoms with Gasteiger partial charge < -0.3 is 4.90 Å². The first kappa shape index (κ1) is 16.4. The normalized spacial score (nSPS) is 18.3. The zero-order chi connectivity index (χ0) is 18.3. The molecule has 2 amide bonds. The summed E-state index contributed by atoms with van der Waals surface area (Å²) >= 11 is 5.09. The lowest BCUT2D eigenvalue weighted by Crippen LogP contribution is -2.55. The van der Waals surface area contributed by atoms with Gasteiger partial charge in [0.05, 0.1) is 5.69 Å². The maximum atomic E-state index is 14.2. The molecular weight excluding hydrogens is 353 g/mol. The Labute approximate surface area is 154 Å². The van der Waals surface area contributed by atoms with Gasteiger partial charge in [0.25, 0.3) is 11.8 Å². The molecule has 4 rings (SSSR count). The first-order valence-corrected chi connectivity index (χ1v) is 8.48. The highest BCUT2D eigenvalue weighted by Gasteiger charge is 2.36. The summed E-state index contributed by atoms with van der Waals surface area (Å²) in [6.45, 7) is 0.660. The first-order valence-electron chi connectivity index (χ1n) is 8.07. The fourth-order valence-corrected chi connectivity index (χ4v) is 3.42. The SMILES string of the molecule is O=C1NC(=S)N(c2ccccc2F)C(=O)/C1=C/N1CCc2ccccc21. The second-order valence-electron chi connectivity index (χ2n) is 5.97. The highest BCUT2D eigenvalue weighted by molar-refractivity contribution is 7.80. The van der Waals surface area contributed by atoms with Crippen LogP contribution in [0.25, 0.3) is 0 Å². The van der Waals surface area contributed by atoms with Crippen molar-refractivity contribution in [1.29, 1.82) is 0 Å². The lowest BCUT2D eigenvalue weighted by molar-refractivity contribution is -0.122. The number of carbonyl (C=O) groups is 2. The maximum absolute atomic E-state index is 14.2. The average molecular weight is 367 g/mol. The van der Waals surface area contributed by atoms with Crippen LogP contribution in [-0.4, -0.2) is 23.5 Å². The molecule has 0 aromatic heterocycles. The molecule has 2 aromatic carbocycles. The zero-order valence-electron chi connectivity index (χ0n) is 13.6. The zero-order valence-corrected chi connectivity index (χ0v) is 14.4. The van der Waals surface area contributed by atoms with E-state index < -0.39 is 17.6 Å². The predicted octanol–water partition coefficient (Wildman–Crippen LogP) is 2.52. The molecule has 2 aliphatic rings. The third-order valence-corrected chi connectivity index (χ3v) is 4.69. The summed E-state index contributed by atoms with van der Waals surface area (Å²) in [5.41, 5.74) is 2.02. The summed E-state index contributed by atoms with van der Waals surface area (Å²) in [5, 5.41) is 2.33. The number of hydrogen-bond donors (Lipinski definition) is 1. The molecule has 0 atom stereocenters. The Morgan fingerprint density at radius 2 is 1.73 bits per heavy atom. The number of amides is 2. The lowest BCUT2D eigenvalue weighted by Gasteiger charge is -2.29. The van der Waals surface area contributed by atoms with Gasteiger partial charge in [-0.05, 0) is 42.4 Å². The number of fused-ring (bicyclic) bond motifs is 1. The third kappa shape index (κ3) is 2.66.